The third kappa shape index (κ3) is 1.97. The maximum absolute atomic E-state index is 12.2. The van der Waals surface area contributed by atoms with Gasteiger partial charge >= 0.3 is 11.9 Å². The number of rotatable bonds is 1. The molecule has 0 aliphatic heterocycles. The molecule has 0 radical (unpaired) electrons. The van der Waals surface area contributed by atoms with Gasteiger partial charge in [0.15, 0.2) is 5.82 Å². The first-order valence-electron chi connectivity index (χ1n) is 4.20. The lowest BCUT2D eigenvalue weighted by Crippen LogP contribution is -2.04. The van der Waals surface area contributed by atoms with Gasteiger partial charge in [-0.2, -0.15) is 13.2 Å². The highest BCUT2D eigenvalue weighted by atomic mass is 19.4. The minimum Gasteiger partial charge on any atom is -0.296 e. The summed E-state index contributed by atoms with van der Waals surface area (Å²) in [5.74, 6) is -0.659. The molecule has 1 aromatic heterocycles. The van der Waals surface area contributed by atoms with Crippen molar-refractivity contribution in [3.05, 3.63) is 40.4 Å². The van der Waals surface area contributed by atoms with Crippen LogP contribution in [0.5, 0.6) is 0 Å². The third-order valence-electron chi connectivity index (χ3n) is 1.93. The summed E-state index contributed by atoms with van der Waals surface area (Å²) in [7, 11) is 0. The van der Waals surface area contributed by atoms with E-state index in [1.165, 1.54) is 12.1 Å². The van der Waals surface area contributed by atoms with Crippen molar-refractivity contribution in [1.82, 2.24) is 10.1 Å². The van der Waals surface area contributed by atoms with Crippen LogP contribution in [0.1, 0.15) is 5.56 Å². The standard InChI is InChI=1S/C9H5F3N2O2/c10-9(11,12)6-3-1-5(2-4-6)7-13-8(15)16-14-7/h1-4H,(H,13,14,15). The van der Waals surface area contributed by atoms with Crippen LogP contribution in [0.15, 0.2) is 33.6 Å². The number of nitrogens with one attached hydrogen (secondary N) is 1. The van der Waals surface area contributed by atoms with Crippen LogP contribution in [-0.4, -0.2) is 10.1 Å². The zero-order valence-electron chi connectivity index (χ0n) is 7.71. The molecule has 0 saturated heterocycles. The molecule has 0 spiro atoms. The summed E-state index contributed by atoms with van der Waals surface area (Å²) in [4.78, 5) is 12.9. The Morgan fingerprint density at radius 3 is 2.25 bits per heavy atom. The number of aromatic amines is 1. The summed E-state index contributed by atoms with van der Waals surface area (Å²) in [6.45, 7) is 0. The molecule has 0 saturated carbocycles. The Labute approximate surface area is 86.7 Å². The van der Waals surface area contributed by atoms with Crippen LogP contribution < -0.4 is 5.76 Å². The van der Waals surface area contributed by atoms with Gasteiger partial charge in [0.2, 0.25) is 0 Å². The Balaban J connectivity index is 2.36. The number of benzene rings is 1. The van der Waals surface area contributed by atoms with E-state index < -0.39 is 17.5 Å². The van der Waals surface area contributed by atoms with E-state index in [0.29, 0.717) is 5.56 Å². The average Bonchev–Trinajstić information content (AvgIpc) is 2.64. The molecule has 84 valence electrons. The van der Waals surface area contributed by atoms with Gasteiger partial charge in [0.1, 0.15) is 0 Å². The largest absolute Gasteiger partial charge is 0.439 e. The van der Waals surface area contributed by atoms with Crippen molar-refractivity contribution in [3.63, 3.8) is 0 Å². The summed E-state index contributed by atoms with van der Waals surface area (Å²) in [6.07, 6.45) is -4.38. The normalized spacial score (nSPS) is 11.7. The van der Waals surface area contributed by atoms with E-state index in [1.807, 2.05) is 0 Å². The number of hydrogen-bond acceptors (Lipinski definition) is 3. The van der Waals surface area contributed by atoms with Crippen LogP contribution in [0.25, 0.3) is 11.4 Å². The molecule has 4 nitrogen and oxygen atoms in total. The van der Waals surface area contributed by atoms with Crippen molar-refractivity contribution in [2.75, 3.05) is 0 Å². The van der Waals surface area contributed by atoms with Crippen LogP contribution in [0.3, 0.4) is 0 Å². The van der Waals surface area contributed by atoms with Gasteiger partial charge < -0.3 is 0 Å². The average molecular weight is 230 g/mol. The number of alkyl halides is 3. The van der Waals surface area contributed by atoms with E-state index in [-0.39, 0.29) is 5.82 Å². The molecule has 0 unspecified atom stereocenters. The fourth-order valence-corrected chi connectivity index (χ4v) is 1.17. The van der Waals surface area contributed by atoms with Crippen LogP contribution in [0, 0.1) is 0 Å². The van der Waals surface area contributed by atoms with Gasteiger partial charge in [-0.3, -0.25) is 9.51 Å². The number of nitrogens with zero attached hydrogens (tertiary/aromatic N) is 1. The lowest BCUT2D eigenvalue weighted by molar-refractivity contribution is -0.137. The molecule has 0 bridgehead atoms. The highest BCUT2D eigenvalue weighted by molar-refractivity contribution is 5.54. The van der Waals surface area contributed by atoms with Gasteiger partial charge in [-0.05, 0) is 12.1 Å². The number of aromatic nitrogens is 2. The quantitative estimate of drug-likeness (QED) is 0.815. The van der Waals surface area contributed by atoms with Crippen molar-refractivity contribution in [2.24, 2.45) is 0 Å². The Morgan fingerprint density at radius 2 is 1.81 bits per heavy atom. The van der Waals surface area contributed by atoms with Crippen molar-refractivity contribution in [1.29, 1.82) is 0 Å². The first kappa shape index (κ1) is 10.5. The second kappa shape index (κ2) is 3.51. The molecule has 16 heavy (non-hydrogen) atoms. The lowest BCUT2D eigenvalue weighted by atomic mass is 10.1. The SMILES string of the molecule is O=c1[nH]c(-c2ccc(C(F)(F)F)cc2)no1. The lowest BCUT2D eigenvalue weighted by Gasteiger charge is -2.05. The van der Waals surface area contributed by atoms with Crippen molar-refractivity contribution < 1.29 is 17.7 Å². The Morgan fingerprint density at radius 1 is 1.19 bits per heavy atom. The predicted octanol–water partition coefficient (Wildman–Crippen LogP) is 2.05. The fraction of sp³-hybridized carbons (Fsp3) is 0.111. The molecule has 2 aromatic rings. The van der Waals surface area contributed by atoms with Crippen molar-refractivity contribution >= 4 is 0 Å². The smallest absolute Gasteiger partial charge is 0.296 e. The third-order valence-corrected chi connectivity index (χ3v) is 1.93. The molecule has 0 amide bonds. The minimum absolute atomic E-state index is 0.0960. The second-order valence-electron chi connectivity index (χ2n) is 3.02. The monoisotopic (exact) mass is 230 g/mol. The van der Waals surface area contributed by atoms with Crippen molar-refractivity contribution in [3.8, 4) is 11.4 Å². The zero-order valence-corrected chi connectivity index (χ0v) is 7.71. The van der Waals surface area contributed by atoms with Gasteiger partial charge in [-0.25, -0.2) is 4.79 Å². The summed E-state index contributed by atoms with van der Waals surface area (Å²) in [5, 5.41) is 3.35. The Bertz CT molecular complexity index is 539. The van der Waals surface area contributed by atoms with Crippen LogP contribution >= 0.6 is 0 Å². The molecule has 1 aromatic carbocycles. The molecule has 0 aliphatic carbocycles. The minimum atomic E-state index is -4.38. The van der Waals surface area contributed by atoms with Gasteiger partial charge in [-0.15, -0.1) is 0 Å². The molecule has 0 fully saturated rings. The van der Waals surface area contributed by atoms with Gasteiger partial charge in [0.05, 0.1) is 5.56 Å². The van der Waals surface area contributed by atoms with Crippen LogP contribution in [0.4, 0.5) is 13.2 Å². The van der Waals surface area contributed by atoms with E-state index in [4.69, 9.17) is 0 Å². The number of H-pyrrole nitrogens is 1. The zero-order chi connectivity index (χ0) is 11.8. The molecule has 7 heteroatoms. The maximum atomic E-state index is 12.2. The predicted molar refractivity (Wildman–Crippen MR) is 47.6 cm³/mol. The highest BCUT2D eigenvalue weighted by Crippen LogP contribution is 2.30. The molecule has 2 rings (SSSR count). The van der Waals surface area contributed by atoms with Crippen molar-refractivity contribution in [2.45, 2.75) is 6.18 Å². The fourth-order valence-electron chi connectivity index (χ4n) is 1.17. The molecule has 1 heterocycles. The van der Waals surface area contributed by atoms with E-state index in [1.54, 1.807) is 0 Å². The summed E-state index contributed by atoms with van der Waals surface area (Å²) in [5.41, 5.74) is -0.416. The Kier molecular flexibility index (Phi) is 2.30. The van der Waals surface area contributed by atoms with Gasteiger partial charge in [0, 0.05) is 5.56 Å². The van der Waals surface area contributed by atoms with E-state index in [0.717, 1.165) is 12.1 Å². The van der Waals surface area contributed by atoms with E-state index in [2.05, 4.69) is 14.7 Å². The topological polar surface area (TPSA) is 58.9 Å². The molecule has 0 atom stereocenters. The molecule has 0 aliphatic rings. The Hall–Kier alpha value is -2.05. The molecular weight excluding hydrogens is 225 g/mol. The first-order chi connectivity index (χ1) is 7.47. The van der Waals surface area contributed by atoms with Gasteiger partial charge in [-0.1, -0.05) is 17.3 Å². The van der Waals surface area contributed by atoms with Gasteiger partial charge in [0.25, 0.3) is 0 Å². The van der Waals surface area contributed by atoms with E-state index in [9.17, 15) is 18.0 Å². The molecular formula is C9H5F3N2O2. The second-order valence-corrected chi connectivity index (χ2v) is 3.02. The number of halogens is 3. The van der Waals surface area contributed by atoms with E-state index >= 15 is 0 Å². The first-order valence-corrected chi connectivity index (χ1v) is 4.20. The summed E-state index contributed by atoms with van der Waals surface area (Å²) in [6, 6.07) is 4.22. The highest BCUT2D eigenvalue weighted by Gasteiger charge is 2.30. The maximum Gasteiger partial charge on any atom is 0.439 e. The molecule has 1 N–H and O–H groups in total. The summed E-state index contributed by atoms with van der Waals surface area (Å²) < 4.78 is 40.9. The van der Waals surface area contributed by atoms with Crippen LogP contribution in [-0.2, 0) is 6.18 Å². The number of hydrogen-bond donors (Lipinski definition) is 1. The summed E-state index contributed by atoms with van der Waals surface area (Å²) >= 11 is 0. The van der Waals surface area contributed by atoms with Crippen LogP contribution in [0.2, 0.25) is 0 Å².